The van der Waals surface area contributed by atoms with Gasteiger partial charge in [-0.05, 0) is 43.9 Å². The molecule has 2 heterocycles. The maximum Gasteiger partial charge on any atom is 0.234 e. The Morgan fingerprint density at radius 2 is 2.17 bits per heavy atom. The molecule has 1 N–H and O–H groups in total. The van der Waals surface area contributed by atoms with Crippen LogP contribution >= 0.6 is 11.8 Å². The molecule has 4 nitrogen and oxygen atoms in total. The number of amides is 1. The van der Waals surface area contributed by atoms with Crippen LogP contribution in [0.4, 0.5) is 0 Å². The van der Waals surface area contributed by atoms with Gasteiger partial charge in [0.25, 0.3) is 0 Å². The highest BCUT2D eigenvalue weighted by molar-refractivity contribution is 7.99. The first-order valence-corrected chi connectivity index (χ1v) is 9.56. The Morgan fingerprint density at radius 1 is 1.30 bits per heavy atom. The van der Waals surface area contributed by atoms with Gasteiger partial charge in [0.15, 0.2) is 0 Å². The number of hydrogen-bond donors (Lipinski definition) is 1. The molecule has 0 bridgehead atoms. The normalized spacial score (nSPS) is 24.9. The third kappa shape index (κ3) is 5.52. The van der Waals surface area contributed by atoms with Crippen molar-refractivity contribution in [1.82, 2.24) is 10.2 Å². The summed E-state index contributed by atoms with van der Waals surface area (Å²) < 4.78 is 5.53. The van der Waals surface area contributed by atoms with E-state index >= 15 is 0 Å². The zero-order valence-corrected chi connectivity index (χ0v) is 14.4. The number of likely N-dealkylation sites (tertiary alicyclic amines) is 1. The number of benzene rings is 1. The molecule has 0 unspecified atom stereocenters. The monoisotopic (exact) mass is 334 g/mol. The number of nitrogens with zero attached hydrogens (tertiary/aromatic N) is 1. The summed E-state index contributed by atoms with van der Waals surface area (Å²) in [6, 6.07) is 10.5. The minimum Gasteiger partial charge on any atom is -0.376 e. The van der Waals surface area contributed by atoms with E-state index in [0.29, 0.717) is 19.0 Å². The van der Waals surface area contributed by atoms with Gasteiger partial charge in [0.1, 0.15) is 0 Å². The maximum absolute atomic E-state index is 12.0. The number of nitrogens with one attached hydrogen (secondary N) is 1. The minimum absolute atomic E-state index is 0.136. The molecule has 23 heavy (non-hydrogen) atoms. The van der Waals surface area contributed by atoms with Crippen LogP contribution in [0.1, 0.15) is 19.3 Å². The Bertz CT molecular complexity index is 491. The number of carbonyl (C=O) groups excluding carboxylic acids is 1. The molecular weight excluding hydrogens is 308 g/mol. The maximum atomic E-state index is 12.0. The molecule has 2 fully saturated rings. The van der Waals surface area contributed by atoms with E-state index < -0.39 is 0 Å². The molecule has 5 heteroatoms. The summed E-state index contributed by atoms with van der Waals surface area (Å²) in [6.45, 7) is 4.10. The standard InChI is InChI=1S/C18H26N2O2S/c21-18(19-11-16-5-4-10-22-16)13-20-9-8-15(12-20)14-23-17-6-2-1-3-7-17/h1-3,6-7,15-16H,4-5,8-14H2,(H,19,21)/t15-,16+/m1/s1. The molecule has 0 aliphatic carbocycles. The van der Waals surface area contributed by atoms with E-state index in [9.17, 15) is 4.79 Å². The van der Waals surface area contributed by atoms with Crippen LogP contribution in [0, 0.1) is 5.92 Å². The fraction of sp³-hybridized carbons (Fsp3) is 0.611. The highest BCUT2D eigenvalue weighted by Crippen LogP contribution is 2.25. The van der Waals surface area contributed by atoms with Gasteiger partial charge in [-0.3, -0.25) is 9.69 Å². The lowest BCUT2D eigenvalue weighted by molar-refractivity contribution is -0.122. The van der Waals surface area contributed by atoms with Crippen molar-refractivity contribution in [3.8, 4) is 0 Å². The SMILES string of the molecule is O=C(CN1CC[C@@H](CSc2ccccc2)C1)NC[C@@H]1CCCO1. The summed E-state index contributed by atoms with van der Waals surface area (Å²) in [5.41, 5.74) is 0. The third-order valence-corrected chi connectivity index (χ3v) is 5.76. The third-order valence-electron chi connectivity index (χ3n) is 4.52. The topological polar surface area (TPSA) is 41.6 Å². The molecule has 0 saturated carbocycles. The number of carbonyl (C=O) groups is 1. The molecular formula is C18H26N2O2S. The Kier molecular flexibility index (Phi) is 6.37. The number of rotatable bonds is 7. The molecule has 2 atom stereocenters. The van der Waals surface area contributed by atoms with Crippen molar-refractivity contribution in [3.05, 3.63) is 30.3 Å². The molecule has 0 radical (unpaired) electrons. The first kappa shape index (κ1) is 16.8. The van der Waals surface area contributed by atoms with Crippen molar-refractivity contribution >= 4 is 17.7 Å². The van der Waals surface area contributed by atoms with Crippen LogP contribution in [0.2, 0.25) is 0 Å². The average Bonchev–Trinajstić information content (AvgIpc) is 3.24. The lowest BCUT2D eigenvalue weighted by Gasteiger charge is -2.17. The predicted octanol–water partition coefficient (Wildman–Crippen LogP) is 2.40. The molecule has 126 valence electrons. The largest absolute Gasteiger partial charge is 0.376 e. The lowest BCUT2D eigenvalue weighted by Crippen LogP contribution is -2.39. The second-order valence-corrected chi connectivity index (χ2v) is 7.55. The van der Waals surface area contributed by atoms with Crippen LogP contribution in [-0.4, -0.2) is 55.4 Å². The highest BCUT2D eigenvalue weighted by atomic mass is 32.2. The lowest BCUT2D eigenvalue weighted by atomic mass is 10.2. The van der Waals surface area contributed by atoms with Gasteiger partial charge in [0.05, 0.1) is 12.6 Å². The fourth-order valence-electron chi connectivity index (χ4n) is 3.22. The van der Waals surface area contributed by atoms with Crippen molar-refractivity contribution in [3.63, 3.8) is 0 Å². The summed E-state index contributed by atoms with van der Waals surface area (Å²) in [7, 11) is 0. The van der Waals surface area contributed by atoms with E-state index in [1.807, 2.05) is 11.8 Å². The van der Waals surface area contributed by atoms with Crippen molar-refractivity contribution in [2.75, 3.05) is 38.5 Å². The molecule has 2 aliphatic heterocycles. The zero-order chi connectivity index (χ0) is 15.9. The fourth-order valence-corrected chi connectivity index (χ4v) is 4.27. The second-order valence-electron chi connectivity index (χ2n) is 6.45. The smallest absolute Gasteiger partial charge is 0.234 e. The molecule has 1 aromatic rings. The van der Waals surface area contributed by atoms with Crippen LogP contribution < -0.4 is 5.32 Å². The number of ether oxygens (including phenoxy) is 1. The Labute approximate surface area is 143 Å². The average molecular weight is 334 g/mol. The second kappa shape index (κ2) is 8.71. The van der Waals surface area contributed by atoms with Crippen LogP contribution in [0.3, 0.4) is 0 Å². The van der Waals surface area contributed by atoms with E-state index in [0.717, 1.165) is 38.3 Å². The van der Waals surface area contributed by atoms with E-state index in [1.165, 1.54) is 11.3 Å². The first-order valence-electron chi connectivity index (χ1n) is 8.58. The first-order chi connectivity index (χ1) is 11.3. The van der Waals surface area contributed by atoms with Crippen LogP contribution in [0.5, 0.6) is 0 Å². The van der Waals surface area contributed by atoms with Gasteiger partial charge in [0, 0.05) is 30.3 Å². The Hall–Kier alpha value is -1.04. The minimum atomic E-state index is 0.136. The van der Waals surface area contributed by atoms with E-state index in [2.05, 4.69) is 40.5 Å². The predicted molar refractivity (Wildman–Crippen MR) is 93.7 cm³/mol. The molecule has 1 amide bonds. The summed E-state index contributed by atoms with van der Waals surface area (Å²) in [5, 5.41) is 3.01. The van der Waals surface area contributed by atoms with Crippen LogP contribution in [0.15, 0.2) is 35.2 Å². The molecule has 3 rings (SSSR count). The Balaban J connectivity index is 1.32. The molecule has 2 saturated heterocycles. The number of thioether (sulfide) groups is 1. The van der Waals surface area contributed by atoms with Crippen molar-refractivity contribution in [1.29, 1.82) is 0 Å². The van der Waals surface area contributed by atoms with Crippen LogP contribution in [-0.2, 0) is 9.53 Å². The van der Waals surface area contributed by atoms with Gasteiger partial charge >= 0.3 is 0 Å². The zero-order valence-electron chi connectivity index (χ0n) is 13.6. The van der Waals surface area contributed by atoms with Crippen molar-refractivity contribution < 1.29 is 9.53 Å². The molecule has 2 aliphatic rings. The van der Waals surface area contributed by atoms with E-state index in [1.54, 1.807) is 0 Å². The summed E-state index contributed by atoms with van der Waals surface area (Å²) in [4.78, 5) is 15.6. The summed E-state index contributed by atoms with van der Waals surface area (Å²) >= 11 is 1.92. The van der Waals surface area contributed by atoms with Gasteiger partial charge < -0.3 is 10.1 Å². The quantitative estimate of drug-likeness (QED) is 0.778. The molecule has 0 aromatic heterocycles. The molecule has 0 spiro atoms. The van der Waals surface area contributed by atoms with Crippen molar-refractivity contribution in [2.45, 2.75) is 30.3 Å². The Morgan fingerprint density at radius 3 is 2.96 bits per heavy atom. The van der Waals surface area contributed by atoms with Gasteiger partial charge in [-0.1, -0.05) is 18.2 Å². The van der Waals surface area contributed by atoms with Gasteiger partial charge in [-0.25, -0.2) is 0 Å². The van der Waals surface area contributed by atoms with Gasteiger partial charge in [-0.15, -0.1) is 11.8 Å². The van der Waals surface area contributed by atoms with Gasteiger partial charge in [-0.2, -0.15) is 0 Å². The van der Waals surface area contributed by atoms with E-state index in [-0.39, 0.29) is 12.0 Å². The van der Waals surface area contributed by atoms with Crippen LogP contribution in [0.25, 0.3) is 0 Å². The summed E-state index contributed by atoms with van der Waals surface area (Å²) in [6.07, 6.45) is 3.61. The highest BCUT2D eigenvalue weighted by Gasteiger charge is 2.24. The molecule has 1 aromatic carbocycles. The number of hydrogen-bond acceptors (Lipinski definition) is 4. The van der Waals surface area contributed by atoms with Crippen molar-refractivity contribution in [2.24, 2.45) is 5.92 Å². The summed E-state index contributed by atoms with van der Waals surface area (Å²) in [5.74, 6) is 1.96. The van der Waals surface area contributed by atoms with E-state index in [4.69, 9.17) is 4.74 Å². The van der Waals surface area contributed by atoms with Gasteiger partial charge in [0.2, 0.25) is 5.91 Å².